The highest BCUT2D eigenvalue weighted by Crippen LogP contribution is 2.05. The number of aliphatic hydroxyl groups excluding tert-OH is 1. The summed E-state index contributed by atoms with van der Waals surface area (Å²) in [7, 11) is 0. The maximum absolute atomic E-state index is 12.6. The van der Waals surface area contributed by atoms with Gasteiger partial charge in [0.05, 0.1) is 0 Å². The van der Waals surface area contributed by atoms with E-state index in [1.807, 2.05) is 13.8 Å². The molecule has 1 amide bonds. The van der Waals surface area contributed by atoms with E-state index in [1.54, 1.807) is 0 Å². The van der Waals surface area contributed by atoms with Crippen LogP contribution >= 0.6 is 0 Å². The number of aliphatic hydroxyl groups is 1. The minimum atomic E-state index is -0.367. The van der Waals surface area contributed by atoms with Crippen LogP contribution in [0.3, 0.4) is 0 Å². The number of carbonyl (C=O) groups is 1. The molecule has 0 radical (unpaired) electrons. The van der Waals surface area contributed by atoms with Gasteiger partial charge in [-0.1, -0.05) is 6.92 Å². The van der Waals surface area contributed by atoms with E-state index in [0.717, 1.165) is 0 Å². The molecule has 0 fully saturated rings. The van der Waals surface area contributed by atoms with Crippen LogP contribution in [0, 0.1) is 11.7 Å². The van der Waals surface area contributed by atoms with Gasteiger partial charge < -0.3 is 10.4 Å². The number of nitrogens with one attached hydrogen (secondary N) is 1. The molecule has 0 saturated carbocycles. The summed E-state index contributed by atoms with van der Waals surface area (Å²) in [6, 6.07) is 5.23. The lowest BCUT2D eigenvalue weighted by Gasteiger charge is -2.19. The van der Waals surface area contributed by atoms with Gasteiger partial charge in [-0.3, -0.25) is 4.79 Å². The summed E-state index contributed by atoms with van der Waals surface area (Å²) in [4.78, 5) is 11.7. The van der Waals surface area contributed by atoms with Crippen LogP contribution in [0.4, 0.5) is 4.39 Å². The second-order valence-electron chi connectivity index (χ2n) is 3.93. The molecule has 0 aliphatic rings. The van der Waals surface area contributed by atoms with Crippen molar-refractivity contribution in [3.63, 3.8) is 0 Å². The molecule has 2 unspecified atom stereocenters. The Kier molecular flexibility index (Phi) is 4.43. The van der Waals surface area contributed by atoms with Crippen LogP contribution in [0.15, 0.2) is 24.3 Å². The number of benzene rings is 1. The highest BCUT2D eigenvalue weighted by atomic mass is 19.1. The Labute approximate surface area is 94.3 Å². The fourth-order valence-corrected chi connectivity index (χ4v) is 1.19. The van der Waals surface area contributed by atoms with Crippen molar-refractivity contribution in [3.05, 3.63) is 35.6 Å². The molecular weight excluding hydrogens is 209 g/mol. The van der Waals surface area contributed by atoms with E-state index in [2.05, 4.69) is 5.32 Å². The van der Waals surface area contributed by atoms with Gasteiger partial charge in [0.15, 0.2) is 0 Å². The van der Waals surface area contributed by atoms with E-state index in [0.29, 0.717) is 5.56 Å². The standard InChI is InChI=1S/C12H16FNO2/c1-8(7-15)9(2)14-12(16)10-3-5-11(13)6-4-10/h3-6,8-9,15H,7H2,1-2H3,(H,14,16). The molecule has 1 aromatic carbocycles. The zero-order valence-corrected chi connectivity index (χ0v) is 9.40. The molecule has 16 heavy (non-hydrogen) atoms. The van der Waals surface area contributed by atoms with Gasteiger partial charge in [-0.05, 0) is 37.1 Å². The second kappa shape index (κ2) is 5.61. The maximum Gasteiger partial charge on any atom is 0.251 e. The predicted molar refractivity (Wildman–Crippen MR) is 59.6 cm³/mol. The largest absolute Gasteiger partial charge is 0.396 e. The van der Waals surface area contributed by atoms with Crippen molar-refractivity contribution in [3.8, 4) is 0 Å². The Hall–Kier alpha value is -1.42. The van der Waals surface area contributed by atoms with Crippen LogP contribution in [-0.4, -0.2) is 23.7 Å². The third-order valence-electron chi connectivity index (χ3n) is 2.61. The molecule has 4 heteroatoms. The number of carbonyl (C=O) groups excluding carboxylic acids is 1. The van der Waals surface area contributed by atoms with Crippen molar-refractivity contribution in [2.45, 2.75) is 19.9 Å². The fraction of sp³-hybridized carbons (Fsp3) is 0.417. The first-order chi connectivity index (χ1) is 7.54. The van der Waals surface area contributed by atoms with Gasteiger partial charge in [-0.15, -0.1) is 0 Å². The Bertz CT molecular complexity index is 351. The molecule has 0 bridgehead atoms. The summed E-state index contributed by atoms with van der Waals surface area (Å²) >= 11 is 0. The van der Waals surface area contributed by atoms with Crippen molar-refractivity contribution in [1.82, 2.24) is 5.32 Å². The van der Waals surface area contributed by atoms with Gasteiger partial charge in [-0.2, -0.15) is 0 Å². The summed E-state index contributed by atoms with van der Waals surface area (Å²) in [5.74, 6) is -0.634. The average molecular weight is 225 g/mol. The first kappa shape index (κ1) is 12.6. The molecule has 2 N–H and O–H groups in total. The lowest BCUT2D eigenvalue weighted by Crippen LogP contribution is -2.38. The minimum Gasteiger partial charge on any atom is -0.396 e. The van der Waals surface area contributed by atoms with Crippen LogP contribution in [0.5, 0.6) is 0 Å². The number of hydrogen-bond acceptors (Lipinski definition) is 2. The second-order valence-corrected chi connectivity index (χ2v) is 3.93. The third-order valence-corrected chi connectivity index (χ3v) is 2.61. The van der Waals surface area contributed by atoms with Crippen molar-refractivity contribution < 1.29 is 14.3 Å². The van der Waals surface area contributed by atoms with E-state index >= 15 is 0 Å². The van der Waals surface area contributed by atoms with Crippen LogP contribution in [0.25, 0.3) is 0 Å². The molecule has 1 aromatic rings. The maximum atomic E-state index is 12.6. The Morgan fingerprint density at radius 3 is 2.44 bits per heavy atom. The predicted octanol–water partition coefficient (Wildman–Crippen LogP) is 1.57. The normalized spacial score (nSPS) is 14.2. The van der Waals surface area contributed by atoms with Crippen LogP contribution in [0.1, 0.15) is 24.2 Å². The average Bonchev–Trinajstić information content (AvgIpc) is 2.28. The molecule has 0 heterocycles. The number of amides is 1. The Balaban J connectivity index is 2.62. The molecule has 0 aliphatic heterocycles. The molecule has 0 saturated heterocycles. The molecular formula is C12H16FNO2. The van der Waals surface area contributed by atoms with Crippen LogP contribution in [-0.2, 0) is 0 Å². The van der Waals surface area contributed by atoms with E-state index in [-0.39, 0.29) is 30.3 Å². The monoisotopic (exact) mass is 225 g/mol. The Morgan fingerprint density at radius 2 is 1.94 bits per heavy atom. The number of rotatable bonds is 4. The van der Waals surface area contributed by atoms with E-state index in [4.69, 9.17) is 5.11 Å². The third kappa shape index (κ3) is 3.31. The van der Waals surface area contributed by atoms with Crippen LogP contribution in [0.2, 0.25) is 0 Å². The van der Waals surface area contributed by atoms with Gasteiger partial charge in [0.25, 0.3) is 5.91 Å². The Morgan fingerprint density at radius 1 is 1.38 bits per heavy atom. The van der Waals surface area contributed by atoms with Crippen molar-refractivity contribution in [1.29, 1.82) is 0 Å². The lowest BCUT2D eigenvalue weighted by atomic mass is 10.0. The summed E-state index contributed by atoms with van der Waals surface area (Å²) in [5.41, 5.74) is 0.415. The van der Waals surface area contributed by atoms with Gasteiger partial charge in [0.2, 0.25) is 0 Å². The van der Waals surface area contributed by atoms with Gasteiger partial charge >= 0.3 is 0 Å². The summed E-state index contributed by atoms with van der Waals surface area (Å²) in [6.07, 6.45) is 0. The highest BCUT2D eigenvalue weighted by molar-refractivity contribution is 5.94. The first-order valence-electron chi connectivity index (χ1n) is 5.22. The quantitative estimate of drug-likeness (QED) is 0.817. The summed E-state index contributed by atoms with van der Waals surface area (Å²) < 4.78 is 12.6. The van der Waals surface area contributed by atoms with E-state index in [9.17, 15) is 9.18 Å². The van der Waals surface area contributed by atoms with Gasteiger partial charge in [0, 0.05) is 18.2 Å². The topological polar surface area (TPSA) is 49.3 Å². The van der Waals surface area contributed by atoms with E-state index < -0.39 is 0 Å². The number of halogens is 1. The molecule has 0 spiro atoms. The summed E-state index contributed by atoms with van der Waals surface area (Å²) in [6.45, 7) is 3.68. The van der Waals surface area contributed by atoms with Crippen LogP contribution < -0.4 is 5.32 Å². The van der Waals surface area contributed by atoms with Crippen molar-refractivity contribution in [2.75, 3.05) is 6.61 Å². The van der Waals surface area contributed by atoms with Crippen molar-refractivity contribution in [2.24, 2.45) is 5.92 Å². The summed E-state index contributed by atoms with van der Waals surface area (Å²) in [5, 5.41) is 11.7. The molecule has 2 atom stereocenters. The molecule has 3 nitrogen and oxygen atoms in total. The first-order valence-corrected chi connectivity index (χ1v) is 5.22. The zero-order valence-electron chi connectivity index (χ0n) is 9.40. The number of hydrogen-bond donors (Lipinski definition) is 2. The fourth-order valence-electron chi connectivity index (χ4n) is 1.19. The van der Waals surface area contributed by atoms with Gasteiger partial charge in [0.1, 0.15) is 5.82 Å². The highest BCUT2D eigenvalue weighted by Gasteiger charge is 2.14. The molecule has 88 valence electrons. The zero-order chi connectivity index (χ0) is 12.1. The van der Waals surface area contributed by atoms with Crippen molar-refractivity contribution >= 4 is 5.91 Å². The van der Waals surface area contributed by atoms with Gasteiger partial charge in [-0.25, -0.2) is 4.39 Å². The molecule has 0 aliphatic carbocycles. The van der Waals surface area contributed by atoms with E-state index in [1.165, 1.54) is 24.3 Å². The minimum absolute atomic E-state index is 0.00982. The SMILES string of the molecule is CC(CO)C(C)NC(=O)c1ccc(F)cc1. The molecule has 0 aromatic heterocycles. The molecule has 1 rings (SSSR count). The smallest absolute Gasteiger partial charge is 0.251 e. The lowest BCUT2D eigenvalue weighted by molar-refractivity contribution is 0.0916.